The minimum absolute atomic E-state index is 0.233. The van der Waals surface area contributed by atoms with Gasteiger partial charge in [0, 0.05) is 5.02 Å². The Morgan fingerprint density at radius 1 is 1.00 bits per heavy atom. The molecule has 0 heterocycles. The van der Waals surface area contributed by atoms with Crippen molar-refractivity contribution >= 4 is 28.9 Å². The molecule has 0 saturated carbocycles. The first-order chi connectivity index (χ1) is 9.63. The highest BCUT2D eigenvalue weighted by molar-refractivity contribution is 6.35. The smallest absolute Gasteiger partial charge is 0.0638 e. The molecule has 1 nitrogen and oxygen atoms in total. The molecule has 20 heavy (non-hydrogen) atoms. The van der Waals surface area contributed by atoms with E-state index in [4.69, 9.17) is 23.2 Å². The Hall–Kier alpha value is -1.18. The van der Waals surface area contributed by atoms with Crippen LogP contribution >= 0.6 is 23.2 Å². The highest BCUT2D eigenvalue weighted by Gasteiger charge is 2.11. The SMILES string of the molecule is CCc1ccc(C(CC)Nc2cc(Cl)ccc2Cl)cc1. The number of benzene rings is 2. The van der Waals surface area contributed by atoms with Crippen molar-refractivity contribution in [2.45, 2.75) is 32.7 Å². The summed E-state index contributed by atoms with van der Waals surface area (Å²) in [6.45, 7) is 4.32. The summed E-state index contributed by atoms with van der Waals surface area (Å²) < 4.78 is 0. The van der Waals surface area contributed by atoms with Gasteiger partial charge in [-0.1, -0.05) is 61.3 Å². The van der Waals surface area contributed by atoms with Crippen molar-refractivity contribution in [1.29, 1.82) is 0 Å². The van der Waals surface area contributed by atoms with Crippen molar-refractivity contribution in [3.05, 3.63) is 63.6 Å². The molecule has 1 atom stereocenters. The van der Waals surface area contributed by atoms with Crippen LogP contribution in [0.15, 0.2) is 42.5 Å². The zero-order valence-electron chi connectivity index (χ0n) is 11.8. The molecule has 0 spiro atoms. The minimum atomic E-state index is 0.233. The number of hydrogen-bond acceptors (Lipinski definition) is 1. The van der Waals surface area contributed by atoms with E-state index in [1.54, 1.807) is 6.07 Å². The van der Waals surface area contributed by atoms with Crippen LogP contribution in [0.1, 0.15) is 37.4 Å². The lowest BCUT2D eigenvalue weighted by molar-refractivity contribution is 0.749. The Labute approximate surface area is 130 Å². The van der Waals surface area contributed by atoms with E-state index in [1.807, 2.05) is 12.1 Å². The van der Waals surface area contributed by atoms with Crippen LogP contribution in [-0.4, -0.2) is 0 Å². The zero-order valence-corrected chi connectivity index (χ0v) is 13.3. The lowest BCUT2D eigenvalue weighted by Gasteiger charge is -2.20. The predicted molar refractivity (Wildman–Crippen MR) is 88.9 cm³/mol. The summed E-state index contributed by atoms with van der Waals surface area (Å²) in [5.41, 5.74) is 3.50. The van der Waals surface area contributed by atoms with E-state index in [0.29, 0.717) is 10.0 Å². The van der Waals surface area contributed by atoms with Crippen LogP contribution < -0.4 is 5.32 Å². The molecule has 0 fully saturated rings. The maximum Gasteiger partial charge on any atom is 0.0638 e. The molecule has 3 heteroatoms. The van der Waals surface area contributed by atoms with Crippen molar-refractivity contribution in [1.82, 2.24) is 0 Å². The van der Waals surface area contributed by atoms with Gasteiger partial charge in [-0.05, 0) is 42.2 Å². The largest absolute Gasteiger partial charge is 0.377 e. The molecule has 2 aromatic carbocycles. The average molecular weight is 308 g/mol. The van der Waals surface area contributed by atoms with Gasteiger partial charge in [0.15, 0.2) is 0 Å². The monoisotopic (exact) mass is 307 g/mol. The first-order valence-electron chi connectivity index (χ1n) is 6.94. The van der Waals surface area contributed by atoms with Crippen LogP contribution in [0.4, 0.5) is 5.69 Å². The van der Waals surface area contributed by atoms with Crippen molar-refractivity contribution in [2.75, 3.05) is 5.32 Å². The molecule has 0 radical (unpaired) electrons. The van der Waals surface area contributed by atoms with E-state index in [9.17, 15) is 0 Å². The summed E-state index contributed by atoms with van der Waals surface area (Å²) >= 11 is 12.2. The number of hydrogen-bond donors (Lipinski definition) is 1. The average Bonchev–Trinajstić information content (AvgIpc) is 2.48. The van der Waals surface area contributed by atoms with E-state index >= 15 is 0 Å². The lowest BCUT2D eigenvalue weighted by atomic mass is 10.0. The quantitative estimate of drug-likeness (QED) is 0.701. The van der Waals surface area contributed by atoms with E-state index < -0.39 is 0 Å². The second-order valence-electron chi connectivity index (χ2n) is 4.82. The summed E-state index contributed by atoms with van der Waals surface area (Å²) in [6.07, 6.45) is 2.04. The fraction of sp³-hybridized carbons (Fsp3) is 0.294. The van der Waals surface area contributed by atoms with Gasteiger partial charge in [-0.15, -0.1) is 0 Å². The first kappa shape index (κ1) is 15.2. The number of aryl methyl sites for hydroxylation is 1. The Bertz CT molecular complexity index is 564. The van der Waals surface area contributed by atoms with Crippen molar-refractivity contribution in [2.24, 2.45) is 0 Å². The highest BCUT2D eigenvalue weighted by atomic mass is 35.5. The Balaban J connectivity index is 2.21. The van der Waals surface area contributed by atoms with Gasteiger partial charge in [-0.3, -0.25) is 0 Å². The zero-order chi connectivity index (χ0) is 14.5. The van der Waals surface area contributed by atoms with E-state index in [-0.39, 0.29) is 6.04 Å². The molecule has 0 aliphatic carbocycles. The second kappa shape index (κ2) is 7.01. The van der Waals surface area contributed by atoms with Gasteiger partial charge in [0.2, 0.25) is 0 Å². The maximum absolute atomic E-state index is 6.21. The third kappa shape index (κ3) is 3.68. The summed E-state index contributed by atoms with van der Waals surface area (Å²) in [7, 11) is 0. The Morgan fingerprint density at radius 3 is 2.30 bits per heavy atom. The van der Waals surface area contributed by atoms with Gasteiger partial charge in [-0.2, -0.15) is 0 Å². The van der Waals surface area contributed by atoms with Gasteiger partial charge in [0.05, 0.1) is 16.8 Å². The lowest BCUT2D eigenvalue weighted by Crippen LogP contribution is -2.10. The summed E-state index contributed by atoms with van der Waals surface area (Å²) in [6, 6.07) is 14.4. The third-order valence-corrected chi connectivity index (χ3v) is 4.02. The third-order valence-electron chi connectivity index (χ3n) is 3.46. The van der Waals surface area contributed by atoms with Crippen molar-refractivity contribution in [3.63, 3.8) is 0 Å². The van der Waals surface area contributed by atoms with E-state index in [2.05, 4.69) is 43.4 Å². The van der Waals surface area contributed by atoms with Crippen LogP contribution in [0, 0.1) is 0 Å². The van der Waals surface area contributed by atoms with E-state index in [1.165, 1.54) is 11.1 Å². The molecule has 0 bridgehead atoms. The fourth-order valence-corrected chi connectivity index (χ4v) is 2.55. The molecule has 0 aliphatic rings. The molecule has 2 aromatic rings. The summed E-state index contributed by atoms with van der Waals surface area (Å²) in [5.74, 6) is 0. The van der Waals surface area contributed by atoms with Crippen LogP contribution in [0.2, 0.25) is 10.0 Å². The Morgan fingerprint density at radius 2 is 1.70 bits per heavy atom. The van der Waals surface area contributed by atoms with Crippen LogP contribution in [-0.2, 0) is 6.42 Å². The molecule has 0 aliphatic heterocycles. The number of anilines is 1. The van der Waals surface area contributed by atoms with Gasteiger partial charge in [0.1, 0.15) is 0 Å². The predicted octanol–water partition coefficient (Wildman–Crippen LogP) is 6.12. The normalized spacial score (nSPS) is 12.2. The van der Waals surface area contributed by atoms with Gasteiger partial charge in [0.25, 0.3) is 0 Å². The molecule has 0 aromatic heterocycles. The molecule has 1 N–H and O–H groups in total. The first-order valence-corrected chi connectivity index (χ1v) is 7.70. The van der Waals surface area contributed by atoms with Crippen molar-refractivity contribution < 1.29 is 0 Å². The molecule has 1 unspecified atom stereocenters. The number of halogens is 2. The van der Waals surface area contributed by atoms with Crippen molar-refractivity contribution in [3.8, 4) is 0 Å². The number of nitrogens with one attached hydrogen (secondary N) is 1. The summed E-state index contributed by atoms with van der Waals surface area (Å²) in [5, 5.41) is 4.86. The Kier molecular flexibility index (Phi) is 5.33. The second-order valence-corrected chi connectivity index (χ2v) is 5.67. The maximum atomic E-state index is 6.21. The van der Waals surface area contributed by atoms with Gasteiger partial charge in [-0.25, -0.2) is 0 Å². The number of rotatable bonds is 5. The molecule has 106 valence electrons. The fourth-order valence-electron chi connectivity index (χ4n) is 2.20. The topological polar surface area (TPSA) is 12.0 Å². The molecule has 0 saturated heterocycles. The molecule has 2 rings (SSSR count). The van der Waals surface area contributed by atoms with Crippen LogP contribution in [0.5, 0.6) is 0 Å². The van der Waals surface area contributed by atoms with Gasteiger partial charge < -0.3 is 5.32 Å². The minimum Gasteiger partial charge on any atom is -0.377 e. The van der Waals surface area contributed by atoms with Crippen LogP contribution in [0.3, 0.4) is 0 Å². The highest BCUT2D eigenvalue weighted by Crippen LogP contribution is 2.30. The van der Waals surface area contributed by atoms with Crippen LogP contribution in [0.25, 0.3) is 0 Å². The molecular weight excluding hydrogens is 289 g/mol. The standard InChI is InChI=1S/C17H19Cl2N/c1-3-12-5-7-13(8-6-12)16(4-2)20-17-11-14(18)9-10-15(17)19/h5-11,16,20H,3-4H2,1-2H3. The molecular formula is C17H19Cl2N. The van der Waals surface area contributed by atoms with E-state index in [0.717, 1.165) is 18.5 Å². The molecule has 0 amide bonds. The van der Waals surface area contributed by atoms with Gasteiger partial charge >= 0.3 is 0 Å². The summed E-state index contributed by atoms with van der Waals surface area (Å²) in [4.78, 5) is 0.